The highest BCUT2D eigenvalue weighted by Gasteiger charge is 2.08. The lowest BCUT2D eigenvalue weighted by molar-refractivity contribution is 0.0949. The lowest BCUT2D eigenvalue weighted by Crippen LogP contribution is -2.26. The predicted octanol–water partition coefficient (Wildman–Crippen LogP) is 4.50. The third kappa shape index (κ3) is 5.18. The molecule has 0 spiro atoms. The standard InChI is InChI=1S/C19H16Cl2N4O/c20-14-8-15(21)10-16(9-14)25-18-12-23-17(11-24-18)19(26)22-7-6-13-4-2-1-3-5-13/h1-5,8-12H,6-7H2,(H,22,26)(H,24,25). The highest BCUT2D eigenvalue weighted by atomic mass is 35.5. The molecule has 0 aliphatic carbocycles. The first-order valence-electron chi connectivity index (χ1n) is 7.97. The third-order valence-corrected chi connectivity index (χ3v) is 4.00. The summed E-state index contributed by atoms with van der Waals surface area (Å²) in [6, 6.07) is 15.0. The van der Waals surface area contributed by atoms with Crippen LogP contribution in [0.4, 0.5) is 11.5 Å². The van der Waals surface area contributed by atoms with Gasteiger partial charge in [-0.2, -0.15) is 0 Å². The molecule has 0 unspecified atom stereocenters. The molecule has 0 aliphatic rings. The maximum atomic E-state index is 12.1. The van der Waals surface area contributed by atoms with E-state index >= 15 is 0 Å². The Morgan fingerprint density at radius 3 is 2.35 bits per heavy atom. The Kier molecular flexibility index (Phi) is 6.04. The average molecular weight is 387 g/mol. The van der Waals surface area contributed by atoms with E-state index in [1.807, 2.05) is 30.3 Å². The zero-order valence-corrected chi connectivity index (χ0v) is 15.3. The van der Waals surface area contributed by atoms with Crippen LogP contribution in [0.15, 0.2) is 60.9 Å². The van der Waals surface area contributed by atoms with E-state index in [0.717, 1.165) is 6.42 Å². The molecule has 7 heteroatoms. The largest absolute Gasteiger partial charge is 0.350 e. The van der Waals surface area contributed by atoms with Gasteiger partial charge in [-0.25, -0.2) is 9.97 Å². The Labute approximate surface area is 161 Å². The predicted molar refractivity (Wildman–Crippen MR) is 104 cm³/mol. The number of carbonyl (C=O) groups is 1. The van der Waals surface area contributed by atoms with Gasteiger partial charge < -0.3 is 10.6 Å². The van der Waals surface area contributed by atoms with Gasteiger partial charge in [-0.1, -0.05) is 53.5 Å². The Bertz CT molecular complexity index is 866. The molecule has 1 aromatic heterocycles. The number of hydrogen-bond acceptors (Lipinski definition) is 4. The van der Waals surface area contributed by atoms with E-state index in [0.29, 0.717) is 28.1 Å². The molecule has 3 aromatic rings. The first-order valence-corrected chi connectivity index (χ1v) is 8.73. The van der Waals surface area contributed by atoms with E-state index in [-0.39, 0.29) is 11.6 Å². The lowest BCUT2D eigenvalue weighted by Gasteiger charge is -2.08. The summed E-state index contributed by atoms with van der Waals surface area (Å²) < 4.78 is 0. The van der Waals surface area contributed by atoms with Gasteiger partial charge >= 0.3 is 0 Å². The Morgan fingerprint density at radius 2 is 1.69 bits per heavy atom. The van der Waals surface area contributed by atoms with Gasteiger partial charge in [-0.3, -0.25) is 4.79 Å². The van der Waals surface area contributed by atoms with Crippen LogP contribution in [0.1, 0.15) is 16.1 Å². The number of nitrogens with zero attached hydrogens (tertiary/aromatic N) is 2. The quantitative estimate of drug-likeness (QED) is 0.654. The second-order valence-electron chi connectivity index (χ2n) is 5.56. The van der Waals surface area contributed by atoms with E-state index in [1.165, 1.54) is 18.0 Å². The minimum atomic E-state index is -0.259. The molecule has 1 amide bonds. The summed E-state index contributed by atoms with van der Waals surface area (Å²) in [7, 11) is 0. The molecule has 26 heavy (non-hydrogen) atoms. The monoisotopic (exact) mass is 386 g/mol. The van der Waals surface area contributed by atoms with Crippen LogP contribution in [-0.2, 0) is 6.42 Å². The highest BCUT2D eigenvalue weighted by Crippen LogP contribution is 2.24. The summed E-state index contributed by atoms with van der Waals surface area (Å²) in [5.74, 6) is 0.231. The maximum absolute atomic E-state index is 12.1. The molecule has 1 heterocycles. The third-order valence-electron chi connectivity index (χ3n) is 3.56. The van der Waals surface area contributed by atoms with Crippen molar-refractivity contribution >= 4 is 40.6 Å². The van der Waals surface area contributed by atoms with Crippen LogP contribution < -0.4 is 10.6 Å². The average Bonchev–Trinajstić information content (AvgIpc) is 2.62. The fourth-order valence-corrected chi connectivity index (χ4v) is 2.87. The summed E-state index contributed by atoms with van der Waals surface area (Å²) in [6.07, 6.45) is 3.67. The molecular formula is C19H16Cl2N4O. The van der Waals surface area contributed by atoms with Gasteiger partial charge in [0.1, 0.15) is 11.5 Å². The van der Waals surface area contributed by atoms with Crippen LogP contribution in [0, 0.1) is 0 Å². The van der Waals surface area contributed by atoms with Crippen LogP contribution in [0.5, 0.6) is 0 Å². The van der Waals surface area contributed by atoms with E-state index in [2.05, 4.69) is 20.6 Å². The Morgan fingerprint density at radius 1 is 0.962 bits per heavy atom. The molecule has 2 aromatic carbocycles. The maximum Gasteiger partial charge on any atom is 0.271 e. The summed E-state index contributed by atoms with van der Waals surface area (Å²) >= 11 is 11.9. The van der Waals surface area contributed by atoms with E-state index < -0.39 is 0 Å². The second kappa shape index (κ2) is 8.65. The van der Waals surface area contributed by atoms with Gasteiger partial charge in [-0.05, 0) is 30.2 Å². The molecule has 0 fully saturated rings. The molecule has 0 saturated carbocycles. The highest BCUT2D eigenvalue weighted by molar-refractivity contribution is 6.35. The zero-order chi connectivity index (χ0) is 18.4. The minimum Gasteiger partial charge on any atom is -0.350 e. The molecule has 0 atom stereocenters. The number of anilines is 2. The molecule has 3 rings (SSSR count). The summed E-state index contributed by atoms with van der Waals surface area (Å²) in [5, 5.41) is 6.91. The van der Waals surface area contributed by atoms with Crippen molar-refractivity contribution in [3.8, 4) is 0 Å². The fraction of sp³-hybridized carbons (Fsp3) is 0.105. The van der Waals surface area contributed by atoms with Crippen LogP contribution in [0.3, 0.4) is 0 Å². The summed E-state index contributed by atoms with van der Waals surface area (Å²) in [4.78, 5) is 20.5. The molecule has 0 aliphatic heterocycles. The van der Waals surface area contributed by atoms with Crippen LogP contribution in [0.2, 0.25) is 10.0 Å². The Balaban J connectivity index is 1.55. The van der Waals surface area contributed by atoms with Crippen LogP contribution in [0.25, 0.3) is 0 Å². The first kappa shape index (κ1) is 18.2. The van der Waals surface area contributed by atoms with Gasteiger partial charge in [0.2, 0.25) is 0 Å². The van der Waals surface area contributed by atoms with Crippen LogP contribution in [-0.4, -0.2) is 22.4 Å². The van der Waals surface area contributed by atoms with Gasteiger partial charge in [-0.15, -0.1) is 0 Å². The van der Waals surface area contributed by atoms with Crippen molar-refractivity contribution in [2.45, 2.75) is 6.42 Å². The summed E-state index contributed by atoms with van der Waals surface area (Å²) in [5.41, 5.74) is 2.11. The Hall–Kier alpha value is -2.63. The van der Waals surface area contributed by atoms with Crippen molar-refractivity contribution in [1.29, 1.82) is 0 Å². The second-order valence-corrected chi connectivity index (χ2v) is 6.43. The van der Waals surface area contributed by atoms with Crippen molar-refractivity contribution in [3.63, 3.8) is 0 Å². The van der Waals surface area contributed by atoms with Crippen molar-refractivity contribution in [3.05, 3.63) is 82.2 Å². The van der Waals surface area contributed by atoms with E-state index in [4.69, 9.17) is 23.2 Å². The van der Waals surface area contributed by atoms with Crippen molar-refractivity contribution in [1.82, 2.24) is 15.3 Å². The van der Waals surface area contributed by atoms with Crippen molar-refractivity contribution < 1.29 is 4.79 Å². The van der Waals surface area contributed by atoms with Gasteiger partial charge in [0, 0.05) is 22.3 Å². The molecule has 132 valence electrons. The van der Waals surface area contributed by atoms with E-state index in [1.54, 1.807) is 18.2 Å². The molecule has 2 N–H and O–H groups in total. The van der Waals surface area contributed by atoms with Gasteiger partial charge in [0.15, 0.2) is 0 Å². The number of nitrogens with one attached hydrogen (secondary N) is 2. The molecule has 0 radical (unpaired) electrons. The molecule has 0 bridgehead atoms. The smallest absolute Gasteiger partial charge is 0.271 e. The van der Waals surface area contributed by atoms with Crippen molar-refractivity contribution in [2.24, 2.45) is 0 Å². The van der Waals surface area contributed by atoms with Gasteiger partial charge in [0.25, 0.3) is 5.91 Å². The fourth-order valence-electron chi connectivity index (χ4n) is 2.34. The number of hydrogen-bond donors (Lipinski definition) is 2. The molecule has 0 saturated heterocycles. The normalized spacial score (nSPS) is 10.4. The number of benzene rings is 2. The van der Waals surface area contributed by atoms with Crippen molar-refractivity contribution in [2.75, 3.05) is 11.9 Å². The lowest BCUT2D eigenvalue weighted by atomic mass is 10.1. The first-order chi connectivity index (χ1) is 12.6. The molecule has 5 nitrogen and oxygen atoms in total. The number of carbonyl (C=O) groups excluding carboxylic acids is 1. The molecular weight excluding hydrogens is 371 g/mol. The summed E-state index contributed by atoms with van der Waals surface area (Å²) in [6.45, 7) is 0.533. The minimum absolute atomic E-state index is 0.257. The van der Waals surface area contributed by atoms with Gasteiger partial charge in [0.05, 0.1) is 12.4 Å². The number of amides is 1. The zero-order valence-electron chi connectivity index (χ0n) is 13.7. The number of halogens is 2. The number of rotatable bonds is 6. The number of aromatic nitrogens is 2. The SMILES string of the molecule is O=C(NCCc1ccccc1)c1cnc(Nc2cc(Cl)cc(Cl)c2)cn1. The van der Waals surface area contributed by atoms with Crippen LogP contribution >= 0.6 is 23.2 Å². The topological polar surface area (TPSA) is 66.9 Å². The van der Waals surface area contributed by atoms with E-state index in [9.17, 15) is 4.79 Å².